The van der Waals surface area contributed by atoms with Crippen LogP contribution >= 0.6 is 0 Å². The van der Waals surface area contributed by atoms with Gasteiger partial charge in [0.1, 0.15) is 17.4 Å². The van der Waals surface area contributed by atoms with E-state index in [1.54, 1.807) is 30.3 Å². The molecule has 0 radical (unpaired) electrons. The van der Waals surface area contributed by atoms with Crippen LogP contribution in [0, 0.1) is 41.3 Å². The number of ketones is 1. The van der Waals surface area contributed by atoms with Crippen molar-refractivity contribution in [3.8, 4) is 0 Å². The molecule has 2 fully saturated rings. The third-order valence-corrected chi connectivity index (χ3v) is 10.4. The van der Waals surface area contributed by atoms with Crippen LogP contribution in [0.2, 0.25) is 0 Å². The first-order valence-electron chi connectivity index (χ1n) is 19.2. The van der Waals surface area contributed by atoms with Crippen LogP contribution in [0.5, 0.6) is 0 Å². The maximum Gasteiger partial charge on any atom is 2.00 e. The van der Waals surface area contributed by atoms with E-state index in [2.05, 4.69) is 32.9 Å². The Morgan fingerprint density at radius 1 is 0.712 bits per heavy atom. The summed E-state index contributed by atoms with van der Waals surface area (Å²) in [5, 5.41) is 10.6. The first kappa shape index (κ1) is 48.1. The van der Waals surface area contributed by atoms with Gasteiger partial charge in [-0.25, -0.2) is 8.78 Å². The third kappa shape index (κ3) is 17.9. The Morgan fingerprint density at radius 2 is 1.25 bits per heavy atom. The number of Topliss-reactive ketones (excluding diaryl/α,β-unsaturated/α-hetero) is 1. The van der Waals surface area contributed by atoms with Gasteiger partial charge < -0.3 is 22.1 Å². The van der Waals surface area contributed by atoms with Crippen molar-refractivity contribution in [2.45, 2.75) is 136 Å². The van der Waals surface area contributed by atoms with Crippen LogP contribution in [0.4, 0.5) is 13.2 Å². The van der Waals surface area contributed by atoms with E-state index < -0.39 is 5.60 Å². The van der Waals surface area contributed by atoms with Gasteiger partial charge in [0.25, 0.3) is 0 Å². The van der Waals surface area contributed by atoms with Gasteiger partial charge in [-0.2, -0.15) is 18.2 Å². The van der Waals surface area contributed by atoms with Crippen molar-refractivity contribution in [3.63, 3.8) is 0 Å². The van der Waals surface area contributed by atoms with Crippen molar-refractivity contribution < 1.29 is 40.1 Å². The maximum atomic E-state index is 13.2. The number of carbonyl (C=O) groups excluding carboxylic acids is 1. The first-order valence-corrected chi connectivity index (χ1v) is 19.2. The molecule has 3 aliphatic carbocycles. The Kier molecular flexibility index (Phi) is 24.8. The maximum absolute atomic E-state index is 13.2. The molecule has 0 saturated heterocycles. The van der Waals surface area contributed by atoms with Crippen LogP contribution in [0.1, 0.15) is 141 Å². The number of rotatable bonds is 8. The van der Waals surface area contributed by atoms with E-state index in [1.165, 1.54) is 87.3 Å². The number of halogens is 4. The van der Waals surface area contributed by atoms with Crippen molar-refractivity contribution in [1.82, 2.24) is 0 Å². The van der Waals surface area contributed by atoms with Crippen LogP contribution in [-0.4, -0.2) is 33.9 Å². The van der Waals surface area contributed by atoms with Crippen LogP contribution in [-0.2, 0) is 10.4 Å². The van der Waals surface area contributed by atoms with Crippen molar-refractivity contribution in [3.05, 3.63) is 114 Å². The molecule has 52 heavy (non-hydrogen) atoms. The topological polar surface area (TPSA) is 37.3 Å². The minimum Gasteiger partial charge on any atom is -1.00 e. The van der Waals surface area contributed by atoms with Gasteiger partial charge in [-0.3, -0.25) is 9.18 Å². The fourth-order valence-electron chi connectivity index (χ4n) is 7.50. The monoisotopic (exact) mass is 792 g/mol. The van der Waals surface area contributed by atoms with Crippen molar-refractivity contribution in [1.29, 1.82) is 0 Å². The average molecular weight is 794 g/mol. The Morgan fingerprint density at radius 3 is 1.73 bits per heavy atom. The Hall–Kier alpha value is -1.93. The Labute approximate surface area is 339 Å². The fourth-order valence-corrected chi connectivity index (χ4v) is 7.50. The van der Waals surface area contributed by atoms with Crippen LogP contribution < -0.4 is 17.0 Å². The Bertz CT molecular complexity index is 1410. The van der Waals surface area contributed by atoms with Gasteiger partial charge in [0, 0.05) is 18.7 Å². The summed E-state index contributed by atoms with van der Waals surface area (Å²) in [5.74, 6) is 2.31. The van der Waals surface area contributed by atoms with Crippen molar-refractivity contribution >= 4 is 34.4 Å². The molecule has 0 aliphatic heterocycles. The van der Waals surface area contributed by atoms with Crippen molar-refractivity contribution in [2.75, 3.05) is 0 Å². The van der Waals surface area contributed by atoms with Gasteiger partial charge in [0.15, 0.2) is 0 Å². The van der Waals surface area contributed by atoms with E-state index in [-0.39, 0.29) is 57.5 Å². The first-order chi connectivity index (χ1) is 24.1. The molecule has 1 unspecified atom stereocenters. The van der Waals surface area contributed by atoms with Crippen LogP contribution in [0.15, 0.2) is 78.9 Å². The summed E-state index contributed by atoms with van der Waals surface area (Å²) < 4.78 is 38.1. The van der Waals surface area contributed by atoms with Gasteiger partial charge in [-0.1, -0.05) is 89.6 Å². The van der Waals surface area contributed by atoms with Gasteiger partial charge in [-0.15, -0.1) is 12.1 Å². The van der Waals surface area contributed by atoms with Gasteiger partial charge in [-0.05, 0) is 117 Å². The number of carbonyl (C=O) groups is 1. The van der Waals surface area contributed by atoms with E-state index in [9.17, 15) is 23.1 Å². The predicted molar refractivity (Wildman–Crippen MR) is 207 cm³/mol. The molecule has 3 aromatic carbocycles. The van der Waals surface area contributed by atoms with Gasteiger partial charge in [0.2, 0.25) is 0 Å². The number of benzene rings is 3. The normalized spacial score (nSPS) is 21.2. The molecular weight excluding hydrogens is 734 g/mol. The molecular formula is C45H60BrF3MgO2. The molecule has 0 spiro atoms. The molecule has 0 aromatic heterocycles. The summed E-state index contributed by atoms with van der Waals surface area (Å²) in [6, 6.07) is 21.9. The molecule has 0 heterocycles. The van der Waals surface area contributed by atoms with Crippen molar-refractivity contribution in [2.24, 2.45) is 17.8 Å². The fraction of sp³-hybridized carbons (Fsp3) is 0.533. The molecule has 1 N–H and O–H groups in total. The molecule has 1 atom stereocenters. The van der Waals surface area contributed by atoms with Gasteiger partial charge >= 0.3 is 23.1 Å². The number of hydrogen-bond acceptors (Lipinski definition) is 2. The largest absolute Gasteiger partial charge is 2.00 e. The summed E-state index contributed by atoms with van der Waals surface area (Å²) in [6.07, 6.45) is 21.2. The standard InChI is InChI=1S/C15H21FO.C15H19F.C9H16O.C6H4F.BrH.Mg/c1-2-4-12-7-9-15(17,10-8-12)13-5-3-6-14(16)11-13;1-2-4-12-7-9-13(10-8-12)14-5-3-6-15(16)11-14;1-2-3-8-4-6-9(10)7-5-8;7-6-4-2-1-3-5-6;;/h3,5-6,11-12,17H,2,4,7-10H2,1H3;3,5-6,9,11-12H,2,4,7-8,10H2,1H3;8H,2-7H2,1H3;1-2,4-5H;1H;/q;;;-1;;+2/p-1. The smallest absolute Gasteiger partial charge is 1.00 e. The number of allylic oxidation sites excluding steroid dienone is 2. The van der Waals surface area contributed by atoms with Crippen LogP contribution in [0.3, 0.4) is 0 Å². The number of hydrogen-bond donors (Lipinski definition) is 1. The van der Waals surface area contributed by atoms with E-state index in [4.69, 9.17) is 0 Å². The van der Waals surface area contributed by atoms with E-state index >= 15 is 0 Å². The molecule has 0 bridgehead atoms. The Balaban J connectivity index is 0.000000359. The zero-order valence-electron chi connectivity index (χ0n) is 31.8. The average Bonchev–Trinajstić information content (AvgIpc) is 3.12. The molecule has 0 amide bonds. The number of aliphatic hydroxyl groups is 1. The molecule has 3 aromatic rings. The molecule has 3 aliphatic rings. The molecule has 282 valence electrons. The summed E-state index contributed by atoms with van der Waals surface area (Å²) in [4.78, 5) is 10.8. The zero-order chi connectivity index (χ0) is 36.2. The second-order valence-corrected chi connectivity index (χ2v) is 14.4. The minimum absolute atomic E-state index is 0. The second-order valence-electron chi connectivity index (χ2n) is 14.4. The SMILES string of the molecule is CCCC1CC=C(c2cccc(F)c2)CC1.CCCC1CCC(=O)CC1.CCCC1CCC(O)(c2cccc(F)c2)CC1.Fc1c[c-]ccc1.[Br-].[Mg+2]. The third-order valence-electron chi connectivity index (χ3n) is 10.4. The molecule has 2 saturated carbocycles. The quantitative estimate of drug-likeness (QED) is 0.182. The van der Waals surface area contributed by atoms with E-state index in [0.29, 0.717) is 5.78 Å². The molecule has 6 rings (SSSR count). The molecule has 2 nitrogen and oxygen atoms in total. The summed E-state index contributed by atoms with van der Waals surface area (Å²) in [7, 11) is 0. The summed E-state index contributed by atoms with van der Waals surface area (Å²) in [6.45, 7) is 6.66. The van der Waals surface area contributed by atoms with Crippen LogP contribution in [0.25, 0.3) is 5.57 Å². The summed E-state index contributed by atoms with van der Waals surface area (Å²) >= 11 is 0. The summed E-state index contributed by atoms with van der Waals surface area (Å²) in [5.41, 5.74) is 2.33. The predicted octanol–water partition coefficient (Wildman–Crippen LogP) is 9.61. The van der Waals surface area contributed by atoms with E-state index in [0.717, 1.165) is 86.7 Å². The van der Waals surface area contributed by atoms with Gasteiger partial charge in [0.05, 0.1) is 5.60 Å². The zero-order valence-corrected chi connectivity index (χ0v) is 34.8. The molecule has 7 heteroatoms. The minimum atomic E-state index is -0.799. The van der Waals surface area contributed by atoms with E-state index in [1.807, 2.05) is 12.1 Å². The second kappa shape index (κ2) is 26.8.